The Morgan fingerprint density at radius 1 is 1.25 bits per heavy atom. The molecule has 0 aliphatic carbocycles. The number of hydrogen-bond acceptors (Lipinski definition) is 2. The van der Waals surface area contributed by atoms with Crippen LogP contribution in [0.4, 0.5) is 0 Å². The molecule has 0 saturated carbocycles. The number of ether oxygens (including phenoxy) is 1. The van der Waals surface area contributed by atoms with Gasteiger partial charge in [0.2, 0.25) is 0 Å². The Morgan fingerprint density at radius 3 is 2.80 bits per heavy atom. The molecular weight excluding hydrogens is 338 g/mol. The SMILES string of the molecule is Cc1ccc(C(N)c2cc(Br)cc3c2OCC3)c(Cl)c1. The fourth-order valence-electron chi connectivity index (χ4n) is 2.58. The van der Waals surface area contributed by atoms with Crippen molar-refractivity contribution < 1.29 is 4.74 Å². The summed E-state index contributed by atoms with van der Waals surface area (Å²) in [5.74, 6) is 0.914. The van der Waals surface area contributed by atoms with Crippen LogP contribution in [-0.2, 0) is 6.42 Å². The lowest BCUT2D eigenvalue weighted by atomic mass is 9.96. The van der Waals surface area contributed by atoms with Crippen LogP contribution in [0.25, 0.3) is 0 Å². The molecule has 1 aliphatic rings. The summed E-state index contributed by atoms with van der Waals surface area (Å²) in [5.41, 5.74) is 10.7. The van der Waals surface area contributed by atoms with Crippen molar-refractivity contribution in [3.63, 3.8) is 0 Å². The molecule has 0 bridgehead atoms. The minimum Gasteiger partial charge on any atom is -0.493 e. The van der Waals surface area contributed by atoms with E-state index in [0.717, 1.165) is 33.3 Å². The summed E-state index contributed by atoms with van der Waals surface area (Å²) in [4.78, 5) is 0. The van der Waals surface area contributed by atoms with Gasteiger partial charge >= 0.3 is 0 Å². The lowest BCUT2D eigenvalue weighted by Crippen LogP contribution is -2.13. The second-order valence-corrected chi connectivity index (χ2v) is 6.41. The second kappa shape index (κ2) is 5.40. The smallest absolute Gasteiger partial charge is 0.127 e. The van der Waals surface area contributed by atoms with Gasteiger partial charge in [0.15, 0.2) is 0 Å². The molecule has 0 aromatic heterocycles. The Kier molecular flexibility index (Phi) is 3.76. The molecule has 2 aromatic rings. The molecule has 0 saturated heterocycles. The van der Waals surface area contributed by atoms with Gasteiger partial charge in [0.05, 0.1) is 12.6 Å². The normalized spacial score (nSPS) is 14.8. The number of benzene rings is 2. The van der Waals surface area contributed by atoms with Crippen LogP contribution in [0.2, 0.25) is 5.02 Å². The molecule has 20 heavy (non-hydrogen) atoms. The zero-order valence-electron chi connectivity index (χ0n) is 11.1. The number of hydrogen-bond donors (Lipinski definition) is 1. The molecule has 1 aliphatic heterocycles. The van der Waals surface area contributed by atoms with Crippen LogP contribution in [0.3, 0.4) is 0 Å². The zero-order valence-corrected chi connectivity index (χ0v) is 13.5. The minimum absolute atomic E-state index is 0.285. The standard InChI is InChI=1S/C16H15BrClNO/c1-9-2-3-12(14(18)6-9)15(19)13-8-11(17)7-10-4-5-20-16(10)13/h2-3,6-8,15H,4-5,19H2,1H3. The summed E-state index contributed by atoms with van der Waals surface area (Å²) in [6.45, 7) is 2.73. The topological polar surface area (TPSA) is 35.2 Å². The van der Waals surface area contributed by atoms with Crippen molar-refractivity contribution in [2.75, 3.05) is 6.61 Å². The van der Waals surface area contributed by atoms with Crippen molar-refractivity contribution in [2.45, 2.75) is 19.4 Å². The van der Waals surface area contributed by atoms with Crippen LogP contribution in [-0.4, -0.2) is 6.61 Å². The summed E-state index contributed by atoms with van der Waals surface area (Å²) in [7, 11) is 0. The maximum Gasteiger partial charge on any atom is 0.127 e. The average molecular weight is 353 g/mol. The van der Waals surface area contributed by atoms with Crippen LogP contribution in [0.1, 0.15) is 28.3 Å². The van der Waals surface area contributed by atoms with Crippen LogP contribution >= 0.6 is 27.5 Å². The number of halogens is 2. The second-order valence-electron chi connectivity index (χ2n) is 5.08. The van der Waals surface area contributed by atoms with E-state index in [4.69, 9.17) is 22.1 Å². The lowest BCUT2D eigenvalue weighted by Gasteiger charge is -2.18. The van der Waals surface area contributed by atoms with Crippen LogP contribution in [0.15, 0.2) is 34.8 Å². The molecule has 1 heterocycles. The Labute approximate surface area is 132 Å². The van der Waals surface area contributed by atoms with Gasteiger partial charge in [0.25, 0.3) is 0 Å². The monoisotopic (exact) mass is 351 g/mol. The highest BCUT2D eigenvalue weighted by Gasteiger charge is 2.23. The first-order valence-electron chi connectivity index (χ1n) is 6.53. The molecule has 0 fully saturated rings. The van der Waals surface area contributed by atoms with E-state index in [-0.39, 0.29) is 6.04 Å². The third kappa shape index (κ3) is 2.46. The Hall–Kier alpha value is -1.03. The van der Waals surface area contributed by atoms with Gasteiger partial charge in [0, 0.05) is 21.5 Å². The Morgan fingerprint density at radius 2 is 2.05 bits per heavy atom. The first kappa shape index (κ1) is 13.9. The number of rotatable bonds is 2. The molecule has 1 unspecified atom stereocenters. The molecule has 1 atom stereocenters. The molecule has 2 nitrogen and oxygen atoms in total. The molecular formula is C16H15BrClNO. The number of aryl methyl sites for hydroxylation is 1. The average Bonchev–Trinajstić information content (AvgIpc) is 2.85. The number of fused-ring (bicyclic) bond motifs is 1. The van der Waals surface area contributed by atoms with E-state index in [1.165, 1.54) is 5.56 Å². The summed E-state index contributed by atoms with van der Waals surface area (Å²) < 4.78 is 6.77. The van der Waals surface area contributed by atoms with Gasteiger partial charge in [-0.25, -0.2) is 0 Å². The third-order valence-corrected chi connectivity index (χ3v) is 4.39. The van der Waals surface area contributed by atoms with Crippen molar-refractivity contribution in [3.8, 4) is 5.75 Å². The molecule has 3 rings (SSSR count). The van der Waals surface area contributed by atoms with E-state index in [2.05, 4.69) is 22.0 Å². The molecule has 2 N–H and O–H groups in total. The van der Waals surface area contributed by atoms with E-state index in [0.29, 0.717) is 11.6 Å². The zero-order chi connectivity index (χ0) is 14.3. The predicted molar refractivity (Wildman–Crippen MR) is 85.6 cm³/mol. The maximum absolute atomic E-state index is 6.42. The van der Waals surface area contributed by atoms with Gasteiger partial charge in [-0.1, -0.05) is 39.7 Å². The van der Waals surface area contributed by atoms with E-state index in [1.807, 2.05) is 31.2 Å². The van der Waals surface area contributed by atoms with Gasteiger partial charge in [-0.05, 0) is 41.8 Å². The third-order valence-electron chi connectivity index (χ3n) is 3.60. The van der Waals surface area contributed by atoms with Gasteiger partial charge in [-0.3, -0.25) is 0 Å². The van der Waals surface area contributed by atoms with E-state index in [1.54, 1.807) is 0 Å². The molecule has 4 heteroatoms. The highest BCUT2D eigenvalue weighted by Crippen LogP contribution is 2.39. The van der Waals surface area contributed by atoms with Gasteiger partial charge in [0.1, 0.15) is 5.75 Å². The van der Waals surface area contributed by atoms with Crippen LogP contribution in [0, 0.1) is 6.92 Å². The Balaban J connectivity index is 2.09. The van der Waals surface area contributed by atoms with Gasteiger partial charge in [-0.15, -0.1) is 0 Å². The summed E-state index contributed by atoms with van der Waals surface area (Å²) in [6, 6.07) is 9.79. The molecule has 0 spiro atoms. The largest absolute Gasteiger partial charge is 0.493 e. The molecule has 2 aromatic carbocycles. The highest BCUT2D eigenvalue weighted by molar-refractivity contribution is 9.10. The summed E-state index contributed by atoms with van der Waals surface area (Å²) in [5, 5.41) is 0.698. The molecule has 104 valence electrons. The summed E-state index contributed by atoms with van der Waals surface area (Å²) in [6.07, 6.45) is 0.927. The first-order chi connectivity index (χ1) is 9.56. The van der Waals surface area contributed by atoms with Crippen molar-refractivity contribution >= 4 is 27.5 Å². The van der Waals surface area contributed by atoms with E-state index < -0.39 is 0 Å². The highest BCUT2D eigenvalue weighted by atomic mass is 79.9. The van der Waals surface area contributed by atoms with Crippen LogP contribution in [0.5, 0.6) is 5.75 Å². The first-order valence-corrected chi connectivity index (χ1v) is 7.70. The van der Waals surface area contributed by atoms with E-state index in [9.17, 15) is 0 Å². The Bertz CT molecular complexity index is 672. The predicted octanol–water partition coefficient (Wildman–Crippen LogP) is 4.39. The lowest BCUT2D eigenvalue weighted by molar-refractivity contribution is 0.352. The fraction of sp³-hybridized carbons (Fsp3) is 0.250. The van der Waals surface area contributed by atoms with Crippen molar-refractivity contribution in [2.24, 2.45) is 5.73 Å². The quantitative estimate of drug-likeness (QED) is 0.870. The van der Waals surface area contributed by atoms with Crippen molar-refractivity contribution in [1.29, 1.82) is 0 Å². The fourth-order valence-corrected chi connectivity index (χ4v) is 3.46. The minimum atomic E-state index is -0.285. The van der Waals surface area contributed by atoms with Crippen molar-refractivity contribution in [3.05, 3.63) is 62.1 Å². The molecule has 0 radical (unpaired) electrons. The van der Waals surface area contributed by atoms with E-state index >= 15 is 0 Å². The summed E-state index contributed by atoms with van der Waals surface area (Å²) >= 11 is 9.88. The molecule has 0 amide bonds. The van der Waals surface area contributed by atoms with Crippen LogP contribution < -0.4 is 10.5 Å². The van der Waals surface area contributed by atoms with Gasteiger partial charge < -0.3 is 10.5 Å². The number of nitrogens with two attached hydrogens (primary N) is 1. The maximum atomic E-state index is 6.42. The van der Waals surface area contributed by atoms with Gasteiger partial charge in [-0.2, -0.15) is 0 Å². The van der Waals surface area contributed by atoms with Crippen molar-refractivity contribution in [1.82, 2.24) is 0 Å².